The molecule has 0 fully saturated rings. The molecular formula is C20H24N4O4S. The molecule has 2 aromatic carbocycles. The molecule has 0 bridgehead atoms. The first-order valence-corrected chi connectivity index (χ1v) is 10.4. The van der Waals surface area contributed by atoms with Gasteiger partial charge in [0, 0.05) is 12.1 Å². The third-order valence-corrected chi connectivity index (χ3v) is 5.17. The van der Waals surface area contributed by atoms with E-state index < -0.39 is 15.9 Å². The summed E-state index contributed by atoms with van der Waals surface area (Å²) in [5, 5.41) is 8.12. The first kappa shape index (κ1) is 22.1. The van der Waals surface area contributed by atoms with Crippen molar-refractivity contribution in [2.75, 3.05) is 17.7 Å². The Balaban J connectivity index is 2.05. The van der Waals surface area contributed by atoms with Gasteiger partial charge in [-0.1, -0.05) is 24.3 Å². The monoisotopic (exact) mass is 416 g/mol. The van der Waals surface area contributed by atoms with Crippen LogP contribution in [-0.2, 0) is 14.8 Å². The molecular weight excluding hydrogens is 392 g/mol. The number of sulfonamides is 1. The smallest absolute Gasteiger partial charge is 0.319 e. The van der Waals surface area contributed by atoms with Gasteiger partial charge in [0.15, 0.2) is 0 Å². The molecule has 0 aliphatic rings. The number of para-hydroxylation sites is 2. The minimum Gasteiger partial charge on any atom is -0.336 e. The molecule has 2 aromatic rings. The number of carbonyl (C=O) groups is 2. The van der Waals surface area contributed by atoms with E-state index >= 15 is 0 Å². The lowest BCUT2D eigenvalue weighted by Crippen LogP contribution is -2.34. The van der Waals surface area contributed by atoms with Gasteiger partial charge in [-0.2, -0.15) is 0 Å². The van der Waals surface area contributed by atoms with Crippen LogP contribution in [0.15, 0.2) is 59.5 Å². The summed E-state index contributed by atoms with van der Waals surface area (Å²) in [6.07, 6.45) is 2.89. The second kappa shape index (κ2) is 9.85. The maximum Gasteiger partial charge on any atom is 0.319 e. The van der Waals surface area contributed by atoms with Gasteiger partial charge in [-0.3, -0.25) is 4.79 Å². The Labute approximate surface area is 170 Å². The number of anilines is 2. The molecule has 29 heavy (non-hydrogen) atoms. The van der Waals surface area contributed by atoms with E-state index in [4.69, 9.17) is 0 Å². The number of amides is 3. The standard InChI is InChI=1S/C20H24N4O4S/c1-14(2)22-20(26)24-18-7-5-4-6-17(18)23-19(25)13-10-15-8-11-16(12-9-15)29(27,28)21-3/h4-14,21H,1-3H3,(H,23,25)(H2,22,24,26). The molecule has 0 spiro atoms. The van der Waals surface area contributed by atoms with Gasteiger partial charge in [-0.05, 0) is 56.8 Å². The highest BCUT2D eigenvalue weighted by atomic mass is 32.2. The summed E-state index contributed by atoms with van der Waals surface area (Å²) in [6, 6.07) is 12.6. The van der Waals surface area contributed by atoms with Crippen molar-refractivity contribution in [2.24, 2.45) is 0 Å². The van der Waals surface area contributed by atoms with Crippen LogP contribution in [0.2, 0.25) is 0 Å². The normalized spacial score (nSPS) is 11.4. The van der Waals surface area contributed by atoms with Crippen molar-refractivity contribution in [1.82, 2.24) is 10.0 Å². The van der Waals surface area contributed by atoms with Crippen LogP contribution in [-0.4, -0.2) is 33.4 Å². The van der Waals surface area contributed by atoms with Crippen molar-refractivity contribution in [3.8, 4) is 0 Å². The highest BCUT2D eigenvalue weighted by molar-refractivity contribution is 7.89. The molecule has 0 aliphatic carbocycles. The molecule has 0 saturated heterocycles. The zero-order valence-corrected chi connectivity index (χ0v) is 17.2. The van der Waals surface area contributed by atoms with E-state index in [0.29, 0.717) is 16.9 Å². The van der Waals surface area contributed by atoms with Crippen molar-refractivity contribution in [2.45, 2.75) is 24.8 Å². The fourth-order valence-corrected chi connectivity index (χ4v) is 3.07. The molecule has 0 aromatic heterocycles. The fourth-order valence-electron chi connectivity index (χ4n) is 2.34. The zero-order chi connectivity index (χ0) is 21.4. The van der Waals surface area contributed by atoms with E-state index in [-0.39, 0.29) is 17.0 Å². The lowest BCUT2D eigenvalue weighted by Gasteiger charge is -2.13. The average molecular weight is 417 g/mol. The number of hydrogen-bond acceptors (Lipinski definition) is 4. The highest BCUT2D eigenvalue weighted by Crippen LogP contribution is 2.21. The van der Waals surface area contributed by atoms with E-state index in [1.807, 2.05) is 13.8 Å². The molecule has 3 amide bonds. The third-order valence-electron chi connectivity index (χ3n) is 3.74. The Bertz CT molecular complexity index is 999. The van der Waals surface area contributed by atoms with Gasteiger partial charge in [0.05, 0.1) is 16.3 Å². The minimum atomic E-state index is -3.50. The lowest BCUT2D eigenvalue weighted by atomic mass is 10.2. The van der Waals surface area contributed by atoms with Gasteiger partial charge in [0.25, 0.3) is 0 Å². The van der Waals surface area contributed by atoms with E-state index in [9.17, 15) is 18.0 Å². The average Bonchev–Trinajstić information content (AvgIpc) is 2.67. The summed E-state index contributed by atoms with van der Waals surface area (Å²) < 4.78 is 25.7. The first-order chi connectivity index (χ1) is 13.7. The number of rotatable bonds is 7. The molecule has 0 radical (unpaired) electrons. The first-order valence-electron chi connectivity index (χ1n) is 8.90. The molecule has 0 heterocycles. The van der Waals surface area contributed by atoms with Crippen LogP contribution in [0.3, 0.4) is 0 Å². The summed E-state index contributed by atoms with van der Waals surface area (Å²) in [6.45, 7) is 3.69. The molecule has 2 rings (SSSR count). The van der Waals surface area contributed by atoms with Gasteiger partial charge in [-0.15, -0.1) is 0 Å². The van der Waals surface area contributed by atoms with Crippen LogP contribution in [0.5, 0.6) is 0 Å². The summed E-state index contributed by atoms with van der Waals surface area (Å²) in [7, 11) is -2.16. The lowest BCUT2D eigenvalue weighted by molar-refractivity contribution is -0.111. The predicted molar refractivity (Wildman–Crippen MR) is 114 cm³/mol. The number of benzene rings is 2. The van der Waals surface area contributed by atoms with Crippen LogP contribution in [0.4, 0.5) is 16.2 Å². The van der Waals surface area contributed by atoms with Crippen molar-refractivity contribution >= 4 is 39.4 Å². The Hall–Kier alpha value is -3.17. The van der Waals surface area contributed by atoms with Gasteiger partial charge < -0.3 is 16.0 Å². The Morgan fingerprint density at radius 2 is 1.52 bits per heavy atom. The maximum absolute atomic E-state index is 12.2. The van der Waals surface area contributed by atoms with Crippen LogP contribution < -0.4 is 20.7 Å². The summed E-state index contributed by atoms with van der Waals surface area (Å²) in [4.78, 5) is 24.3. The number of nitrogens with one attached hydrogen (secondary N) is 4. The fraction of sp³-hybridized carbons (Fsp3) is 0.200. The number of hydrogen-bond donors (Lipinski definition) is 4. The van der Waals surface area contributed by atoms with Crippen molar-refractivity contribution < 1.29 is 18.0 Å². The van der Waals surface area contributed by atoms with Gasteiger partial charge >= 0.3 is 6.03 Å². The largest absolute Gasteiger partial charge is 0.336 e. The molecule has 9 heteroatoms. The van der Waals surface area contributed by atoms with Crippen LogP contribution in [0, 0.1) is 0 Å². The molecule has 8 nitrogen and oxygen atoms in total. The summed E-state index contributed by atoms with van der Waals surface area (Å²) in [5.74, 6) is -0.393. The number of carbonyl (C=O) groups excluding carboxylic acids is 2. The highest BCUT2D eigenvalue weighted by Gasteiger charge is 2.10. The molecule has 0 saturated carbocycles. The SMILES string of the molecule is CNS(=O)(=O)c1ccc(C=CC(=O)Nc2ccccc2NC(=O)NC(C)C)cc1. The number of urea groups is 1. The van der Waals surface area contributed by atoms with E-state index in [2.05, 4.69) is 20.7 Å². The predicted octanol–water partition coefficient (Wildman–Crippen LogP) is 2.78. The third kappa shape index (κ3) is 6.74. The van der Waals surface area contributed by atoms with Crippen molar-refractivity contribution in [1.29, 1.82) is 0 Å². The molecule has 0 unspecified atom stereocenters. The van der Waals surface area contributed by atoms with Crippen molar-refractivity contribution in [3.05, 3.63) is 60.2 Å². The Morgan fingerprint density at radius 3 is 2.07 bits per heavy atom. The van der Waals surface area contributed by atoms with E-state index in [1.165, 1.54) is 25.3 Å². The van der Waals surface area contributed by atoms with Crippen LogP contribution in [0.1, 0.15) is 19.4 Å². The van der Waals surface area contributed by atoms with E-state index in [0.717, 1.165) is 0 Å². The van der Waals surface area contributed by atoms with Crippen molar-refractivity contribution in [3.63, 3.8) is 0 Å². The van der Waals surface area contributed by atoms with Crippen LogP contribution >= 0.6 is 0 Å². The topological polar surface area (TPSA) is 116 Å². The second-order valence-corrected chi connectivity index (χ2v) is 8.28. The minimum absolute atomic E-state index is 0.0193. The zero-order valence-electron chi connectivity index (χ0n) is 16.4. The summed E-state index contributed by atoms with van der Waals surface area (Å²) >= 11 is 0. The van der Waals surface area contributed by atoms with Gasteiger partial charge in [-0.25, -0.2) is 17.9 Å². The van der Waals surface area contributed by atoms with E-state index in [1.54, 1.807) is 42.5 Å². The Morgan fingerprint density at radius 1 is 0.931 bits per heavy atom. The molecule has 0 aliphatic heterocycles. The molecule has 154 valence electrons. The summed E-state index contributed by atoms with van der Waals surface area (Å²) in [5.41, 5.74) is 1.59. The van der Waals surface area contributed by atoms with Gasteiger partial charge in [0.1, 0.15) is 0 Å². The second-order valence-electron chi connectivity index (χ2n) is 6.40. The molecule has 4 N–H and O–H groups in total. The quantitative estimate of drug-likeness (QED) is 0.519. The maximum atomic E-state index is 12.2. The van der Waals surface area contributed by atoms with Crippen LogP contribution in [0.25, 0.3) is 6.08 Å². The Kier molecular flexibility index (Phi) is 7.52. The molecule has 0 atom stereocenters. The van der Waals surface area contributed by atoms with Gasteiger partial charge in [0.2, 0.25) is 15.9 Å².